The Labute approximate surface area is 107 Å². The van der Waals surface area contributed by atoms with E-state index in [2.05, 4.69) is 0 Å². The summed E-state index contributed by atoms with van der Waals surface area (Å²) in [6.45, 7) is 4.25. The molecular weight excluding hydrogens is 232 g/mol. The number of carbonyl (C=O) groups excluding carboxylic acids is 1. The van der Waals surface area contributed by atoms with Gasteiger partial charge in [0.25, 0.3) is 0 Å². The van der Waals surface area contributed by atoms with Gasteiger partial charge in [0.05, 0.1) is 17.7 Å². The quantitative estimate of drug-likeness (QED) is 0.622. The molecule has 1 rings (SSSR count). The van der Waals surface area contributed by atoms with E-state index in [9.17, 15) is 9.59 Å². The number of hydrogen-bond acceptors (Lipinski definition) is 3. The minimum absolute atomic E-state index is 0.0100. The first-order valence-electron chi connectivity index (χ1n) is 6.13. The molecule has 4 heteroatoms. The molecule has 0 heterocycles. The third-order valence-electron chi connectivity index (χ3n) is 2.67. The monoisotopic (exact) mass is 250 g/mol. The summed E-state index contributed by atoms with van der Waals surface area (Å²) >= 11 is 0. The average molecular weight is 250 g/mol. The van der Waals surface area contributed by atoms with Gasteiger partial charge in [0.15, 0.2) is 0 Å². The van der Waals surface area contributed by atoms with Crippen LogP contribution in [0.2, 0.25) is 0 Å². The number of ether oxygens (including phenoxy) is 1. The van der Waals surface area contributed by atoms with Gasteiger partial charge in [-0.25, -0.2) is 9.59 Å². The molecule has 0 aliphatic heterocycles. The molecule has 0 atom stereocenters. The Balaban J connectivity index is 2.93. The van der Waals surface area contributed by atoms with E-state index in [0.29, 0.717) is 6.61 Å². The number of unbranched alkanes of at least 4 members (excludes halogenated alkanes) is 1. The lowest BCUT2D eigenvalue weighted by Crippen LogP contribution is -2.12. The van der Waals surface area contributed by atoms with Crippen LogP contribution in [0.5, 0.6) is 0 Å². The van der Waals surface area contributed by atoms with Gasteiger partial charge in [0.1, 0.15) is 0 Å². The molecule has 0 saturated carbocycles. The van der Waals surface area contributed by atoms with E-state index in [0.717, 1.165) is 24.8 Å². The maximum absolute atomic E-state index is 11.8. The molecular formula is C14H18O4. The van der Waals surface area contributed by atoms with Crippen LogP contribution < -0.4 is 0 Å². The van der Waals surface area contributed by atoms with E-state index in [1.54, 1.807) is 6.07 Å². The highest BCUT2D eigenvalue weighted by molar-refractivity contribution is 6.02. The molecule has 0 saturated heterocycles. The maximum atomic E-state index is 11.8. The lowest BCUT2D eigenvalue weighted by atomic mass is 10.0. The summed E-state index contributed by atoms with van der Waals surface area (Å²) in [5.74, 6) is -1.67. The molecule has 0 bridgehead atoms. The van der Waals surface area contributed by atoms with Crippen LogP contribution in [0.4, 0.5) is 0 Å². The topological polar surface area (TPSA) is 63.6 Å². The first kappa shape index (κ1) is 14.2. The van der Waals surface area contributed by atoms with Crippen molar-refractivity contribution in [2.75, 3.05) is 6.61 Å². The highest BCUT2D eigenvalue weighted by Crippen LogP contribution is 2.14. The van der Waals surface area contributed by atoms with Crippen molar-refractivity contribution in [3.05, 3.63) is 34.9 Å². The lowest BCUT2D eigenvalue weighted by molar-refractivity contribution is 0.0489. The Morgan fingerprint density at radius 3 is 2.50 bits per heavy atom. The van der Waals surface area contributed by atoms with Crippen LogP contribution >= 0.6 is 0 Å². The van der Waals surface area contributed by atoms with Gasteiger partial charge >= 0.3 is 11.9 Å². The Morgan fingerprint density at radius 2 is 1.94 bits per heavy atom. The van der Waals surface area contributed by atoms with Crippen molar-refractivity contribution < 1.29 is 19.4 Å². The van der Waals surface area contributed by atoms with Crippen LogP contribution in [-0.2, 0) is 11.2 Å². The van der Waals surface area contributed by atoms with E-state index in [4.69, 9.17) is 9.84 Å². The van der Waals surface area contributed by atoms with Crippen molar-refractivity contribution in [2.45, 2.75) is 33.1 Å². The Morgan fingerprint density at radius 1 is 1.22 bits per heavy atom. The SMILES string of the molecule is CCCCOC(=O)c1ccc(CC)cc1C(=O)O. The standard InChI is InChI=1S/C14H18O4/c1-3-5-8-18-14(17)11-7-6-10(4-2)9-12(11)13(15)16/h6-7,9H,3-5,8H2,1-2H3,(H,15,16). The summed E-state index contributed by atoms with van der Waals surface area (Å²) in [6.07, 6.45) is 2.43. The zero-order valence-corrected chi connectivity index (χ0v) is 10.7. The summed E-state index contributed by atoms with van der Waals surface area (Å²) in [7, 11) is 0. The normalized spacial score (nSPS) is 10.1. The number of carbonyl (C=O) groups is 2. The van der Waals surface area contributed by atoms with Crippen molar-refractivity contribution in [2.24, 2.45) is 0 Å². The zero-order valence-electron chi connectivity index (χ0n) is 10.7. The molecule has 0 amide bonds. The number of carboxylic acid groups (broad SMARTS) is 1. The van der Waals surface area contributed by atoms with Gasteiger partial charge < -0.3 is 9.84 Å². The van der Waals surface area contributed by atoms with E-state index >= 15 is 0 Å². The number of aromatic carboxylic acids is 1. The second-order valence-corrected chi connectivity index (χ2v) is 4.03. The minimum Gasteiger partial charge on any atom is -0.478 e. The van der Waals surface area contributed by atoms with E-state index < -0.39 is 11.9 Å². The molecule has 0 aromatic heterocycles. The van der Waals surface area contributed by atoms with Crippen LogP contribution in [0.15, 0.2) is 18.2 Å². The summed E-state index contributed by atoms with van der Waals surface area (Å²) < 4.78 is 5.03. The molecule has 98 valence electrons. The number of rotatable bonds is 6. The van der Waals surface area contributed by atoms with E-state index in [-0.39, 0.29) is 11.1 Å². The molecule has 0 spiro atoms. The third kappa shape index (κ3) is 3.58. The van der Waals surface area contributed by atoms with Crippen molar-refractivity contribution in [3.8, 4) is 0 Å². The van der Waals surface area contributed by atoms with Crippen LogP contribution in [0.25, 0.3) is 0 Å². The number of esters is 1. The molecule has 0 fully saturated rings. The molecule has 18 heavy (non-hydrogen) atoms. The predicted octanol–water partition coefficient (Wildman–Crippen LogP) is 2.90. The molecule has 0 aliphatic carbocycles. The lowest BCUT2D eigenvalue weighted by Gasteiger charge is -2.08. The van der Waals surface area contributed by atoms with Crippen molar-refractivity contribution in [3.63, 3.8) is 0 Å². The van der Waals surface area contributed by atoms with Gasteiger partial charge in [-0.05, 0) is 30.5 Å². The van der Waals surface area contributed by atoms with Crippen LogP contribution in [0.3, 0.4) is 0 Å². The molecule has 0 aliphatic rings. The number of benzene rings is 1. The molecule has 1 aromatic rings. The van der Waals surface area contributed by atoms with Gasteiger partial charge in [-0.2, -0.15) is 0 Å². The molecule has 1 aromatic carbocycles. The van der Waals surface area contributed by atoms with Gasteiger partial charge in [0.2, 0.25) is 0 Å². The Bertz CT molecular complexity index is 437. The fourth-order valence-corrected chi connectivity index (χ4v) is 1.55. The molecule has 0 unspecified atom stereocenters. The van der Waals surface area contributed by atoms with E-state index in [1.807, 2.05) is 13.8 Å². The number of aryl methyl sites for hydroxylation is 1. The second kappa shape index (κ2) is 6.79. The van der Waals surface area contributed by atoms with Gasteiger partial charge in [-0.15, -0.1) is 0 Å². The summed E-state index contributed by atoms with van der Waals surface area (Å²) in [4.78, 5) is 22.9. The average Bonchev–Trinajstić information content (AvgIpc) is 2.38. The van der Waals surface area contributed by atoms with Crippen molar-refractivity contribution >= 4 is 11.9 Å². The molecule has 0 radical (unpaired) electrons. The van der Waals surface area contributed by atoms with E-state index in [1.165, 1.54) is 12.1 Å². The first-order chi connectivity index (χ1) is 8.60. The maximum Gasteiger partial charge on any atom is 0.339 e. The van der Waals surface area contributed by atoms with Gasteiger partial charge in [-0.1, -0.05) is 26.3 Å². The van der Waals surface area contributed by atoms with Crippen molar-refractivity contribution in [1.29, 1.82) is 0 Å². The van der Waals surface area contributed by atoms with Gasteiger partial charge in [0, 0.05) is 0 Å². The predicted molar refractivity (Wildman–Crippen MR) is 68.0 cm³/mol. The fraction of sp³-hybridized carbons (Fsp3) is 0.429. The molecule has 1 N–H and O–H groups in total. The first-order valence-corrected chi connectivity index (χ1v) is 6.13. The summed E-state index contributed by atoms with van der Waals surface area (Å²) in [5, 5.41) is 9.10. The second-order valence-electron chi connectivity index (χ2n) is 4.03. The third-order valence-corrected chi connectivity index (χ3v) is 2.67. The van der Waals surface area contributed by atoms with Crippen molar-refractivity contribution in [1.82, 2.24) is 0 Å². The van der Waals surface area contributed by atoms with Crippen LogP contribution in [-0.4, -0.2) is 23.7 Å². The smallest absolute Gasteiger partial charge is 0.339 e. The molecule has 4 nitrogen and oxygen atoms in total. The summed E-state index contributed by atoms with van der Waals surface area (Å²) in [5.41, 5.74) is 1.02. The Hall–Kier alpha value is -1.84. The summed E-state index contributed by atoms with van der Waals surface area (Å²) in [6, 6.07) is 4.80. The zero-order chi connectivity index (χ0) is 13.5. The highest BCUT2D eigenvalue weighted by atomic mass is 16.5. The largest absolute Gasteiger partial charge is 0.478 e. The van der Waals surface area contributed by atoms with Crippen LogP contribution in [0.1, 0.15) is 53.0 Å². The number of hydrogen-bond donors (Lipinski definition) is 1. The minimum atomic E-state index is -1.10. The number of carboxylic acids is 1. The Kier molecular flexibility index (Phi) is 5.36. The fourth-order valence-electron chi connectivity index (χ4n) is 1.55. The van der Waals surface area contributed by atoms with Crippen LogP contribution in [0, 0.1) is 0 Å². The van der Waals surface area contributed by atoms with Gasteiger partial charge in [-0.3, -0.25) is 0 Å². The highest BCUT2D eigenvalue weighted by Gasteiger charge is 2.17.